The highest BCUT2D eigenvalue weighted by Crippen LogP contribution is 2.16. The minimum absolute atomic E-state index is 0.287. The topological polar surface area (TPSA) is 59.6 Å². The molecule has 0 fully saturated rings. The normalized spacial score (nSPS) is 11.3. The van der Waals surface area contributed by atoms with Crippen molar-refractivity contribution in [2.24, 2.45) is 0 Å². The number of benzene rings is 1. The molecule has 98 valence electrons. The maximum Gasteiger partial charge on any atom is 0.223 e. The molecule has 0 bridgehead atoms. The SMILES string of the molecule is Cc1nc(CCn2c(=S)[nH]c3cc(F)ccc32)no1. The molecule has 7 heteroatoms. The Morgan fingerprint density at radius 2 is 2.32 bits per heavy atom. The molecule has 0 aliphatic rings. The summed E-state index contributed by atoms with van der Waals surface area (Å²) in [4.78, 5) is 7.12. The number of hydrogen-bond acceptors (Lipinski definition) is 4. The van der Waals surface area contributed by atoms with Gasteiger partial charge < -0.3 is 14.1 Å². The molecule has 0 unspecified atom stereocenters. The predicted octanol–water partition coefficient (Wildman–Crippen LogP) is 2.77. The van der Waals surface area contributed by atoms with Crippen LogP contribution in [-0.2, 0) is 13.0 Å². The summed E-state index contributed by atoms with van der Waals surface area (Å²) in [7, 11) is 0. The number of aryl methyl sites for hydroxylation is 3. The van der Waals surface area contributed by atoms with Gasteiger partial charge in [-0.05, 0) is 30.4 Å². The van der Waals surface area contributed by atoms with Crippen LogP contribution in [0, 0.1) is 17.5 Å². The first-order valence-electron chi connectivity index (χ1n) is 5.81. The smallest absolute Gasteiger partial charge is 0.223 e. The average molecular weight is 278 g/mol. The van der Waals surface area contributed by atoms with Crippen LogP contribution in [-0.4, -0.2) is 19.7 Å². The van der Waals surface area contributed by atoms with E-state index in [1.54, 1.807) is 13.0 Å². The molecule has 0 radical (unpaired) electrons. The minimum Gasteiger partial charge on any atom is -0.340 e. The summed E-state index contributed by atoms with van der Waals surface area (Å²) in [5.74, 6) is 0.889. The highest BCUT2D eigenvalue weighted by atomic mass is 32.1. The highest BCUT2D eigenvalue weighted by Gasteiger charge is 2.07. The molecule has 0 saturated heterocycles. The van der Waals surface area contributed by atoms with E-state index >= 15 is 0 Å². The molecule has 0 amide bonds. The van der Waals surface area contributed by atoms with Crippen LogP contribution >= 0.6 is 12.2 Å². The molecule has 0 aliphatic heterocycles. The lowest BCUT2D eigenvalue weighted by atomic mass is 10.3. The van der Waals surface area contributed by atoms with Gasteiger partial charge in [0.25, 0.3) is 0 Å². The van der Waals surface area contributed by atoms with E-state index in [1.807, 2.05) is 4.57 Å². The van der Waals surface area contributed by atoms with E-state index in [0.29, 0.717) is 35.0 Å². The number of H-pyrrole nitrogens is 1. The number of aromatic amines is 1. The van der Waals surface area contributed by atoms with E-state index in [4.69, 9.17) is 16.7 Å². The molecule has 1 N–H and O–H groups in total. The monoisotopic (exact) mass is 278 g/mol. The third-order valence-corrected chi connectivity index (χ3v) is 3.19. The van der Waals surface area contributed by atoms with E-state index in [0.717, 1.165) is 5.52 Å². The minimum atomic E-state index is -0.287. The molecule has 0 aliphatic carbocycles. The lowest BCUT2D eigenvalue weighted by Crippen LogP contribution is -2.02. The number of nitrogens with one attached hydrogen (secondary N) is 1. The molecule has 0 spiro atoms. The van der Waals surface area contributed by atoms with Crippen molar-refractivity contribution >= 4 is 23.3 Å². The maximum atomic E-state index is 13.1. The van der Waals surface area contributed by atoms with Crippen LogP contribution in [0.2, 0.25) is 0 Å². The predicted molar refractivity (Wildman–Crippen MR) is 69.8 cm³/mol. The second-order valence-electron chi connectivity index (χ2n) is 4.22. The lowest BCUT2D eigenvalue weighted by Gasteiger charge is -2.01. The zero-order chi connectivity index (χ0) is 13.4. The fourth-order valence-electron chi connectivity index (χ4n) is 2.01. The van der Waals surface area contributed by atoms with Crippen molar-refractivity contribution in [2.45, 2.75) is 19.9 Å². The van der Waals surface area contributed by atoms with E-state index in [-0.39, 0.29) is 5.82 Å². The Hall–Kier alpha value is -2.02. The molecular weight excluding hydrogens is 267 g/mol. The van der Waals surface area contributed by atoms with Gasteiger partial charge in [-0.15, -0.1) is 0 Å². The number of imidazole rings is 1. The summed E-state index contributed by atoms with van der Waals surface area (Å²) >= 11 is 5.24. The molecule has 0 atom stereocenters. The lowest BCUT2D eigenvalue weighted by molar-refractivity contribution is 0.386. The van der Waals surface area contributed by atoms with Gasteiger partial charge in [0.15, 0.2) is 10.6 Å². The van der Waals surface area contributed by atoms with E-state index in [9.17, 15) is 4.39 Å². The molecule has 3 rings (SSSR count). The van der Waals surface area contributed by atoms with Crippen molar-refractivity contribution < 1.29 is 8.91 Å². The van der Waals surface area contributed by atoms with Crippen LogP contribution in [0.15, 0.2) is 22.7 Å². The van der Waals surface area contributed by atoms with Crippen molar-refractivity contribution in [3.05, 3.63) is 40.5 Å². The molecule has 5 nitrogen and oxygen atoms in total. The van der Waals surface area contributed by atoms with Gasteiger partial charge in [-0.3, -0.25) is 0 Å². The van der Waals surface area contributed by atoms with Crippen LogP contribution in [0.25, 0.3) is 11.0 Å². The Labute approximate surface area is 113 Å². The zero-order valence-corrected chi connectivity index (χ0v) is 11.0. The van der Waals surface area contributed by atoms with Crippen molar-refractivity contribution in [3.8, 4) is 0 Å². The van der Waals surface area contributed by atoms with Gasteiger partial charge in [0, 0.05) is 19.9 Å². The number of rotatable bonds is 3. The quantitative estimate of drug-likeness (QED) is 0.748. The average Bonchev–Trinajstić information content (AvgIpc) is 2.89. The van der Waals surface area contributed by atoms with E-state index in [2.05, 4.69) is 15.1 Å². The summed E-state index contributed by atoms with van der Waals surface area (Å²) in [6.07, 6.45) is 0.607. The first-order valence-corrected chi connectivity index (χ1v) is 6.21. The Morgan fingerprint density at radius 1 is 1.47 bits per heavy atom. The van der Waals surface area contributed by atoms with Crippen LogP contribution in [0.3, 0.4) is 0 Å². The summed E-state index contributed by atoms with van der Waals surface area (Å²) in [6, 6.07) is 4.55. The molecular formula is C12H11FN4OS. The molecule has 0 saturated carbocycles. The Bertz CT molecular complexity index is 788. The number of aromatic nitrogens is 4. The number of fused-ring (bicyclic) bond motifs is 1. The third-order valence-electron chi connectivity index (χ3n) is 2.86. The number of halogens is 1. The van der Waals surface area contributed by atoms with Gasteiger partial charge in [0.05, 0.1) is 11.0 Å². The number of nitrogens with zero attached hydrogens (tertiary/aromatic N) is 3. The summed E-state index contributed by atoms with van der Waals surface area (Å²) in [5.41, 5.74) is 1.56. The van der Waals surface area contributed by atoms with Gasteiger partial charge in [0.2, 0.25) is 5.89 Å². The molecule has 3 aromatic rings. The van der Waals surface area contributed by atoms with Crippen LogP contribution in [0.1, 0.15) is 11.7 Å². The zero-order valence-electron chi connectivity index (χ0n) is 10.2. The second kappa shape index (κ2) is 4.58. The standard InChI is InChI=1S/C12H11FN4OS/c1-7-14-11(16-18-7)4-5-17-10-3-2-8(13)6-9(10)15-12(17)19/h2-3,6H,4-5H2,1H3,(H,15,19). The Kier molecular flexibility index (Phi) is 2.90. The van der Waals surface area contributed by atoms with Crippen molar-refractivity contribution in [1.82, 2.24) is 19.7 Å². The van der Waals surface area contributed by atoms with Crippen LogP contribution < -0.4 is 0 Å². The molecule has 2 aromatic heterocycles. The Morgan fingerprint density at radius 3 is 3.05 bits per heavy atom. The van der Waals surface area contributed by atoms with Gasteiger partial charge in [0.1, 0.15) is 5.82 Å². The maximum absolute atomic E-state index is 13.1. The number of hydrogen-bond donors (Lipinski definition) is 1. The summed E-state index contributed by atoms with van der Waals surface area (Å²) in [5, 5.41) is 3.84. The van der Waals surface area contributed by atoms with Crippen LogP contribution in [0.4, 0.5) is 4.39 Å². The van der Waals surface area contributed by atoms with Gasteiger partial charge in [-0.1, -0.05) is 5.16 Å². The fraction of sp³-hybridized carbons (Fsp3) is 0.250. The summed E-state index contributed by atoms with van der Waals surface area (Å²) < 4.78 is 20.5. The van der Waals surface area contributed by atoms with Crippen molar-refractivity contribution in [2.75, 3.05) is 0 Å². The van der Waals surface area contributed by atoms with Crippen LogP contribution in [0.5, 0.6) is 0 Å². The van der Waals surface area contributed by atoms with E-state index in [1.165, 1.54) is 12.1 Å². The molecule has 1 aromatic carbocycles. The summed E-state index contributed by atoms with van der Waals surface area (Å²) in [6.45, 7) is 2.36. The molecule has 2 heterocycles. The van der Waals surface area contributed by atoms with Crippen molar-refractivity contribution in [3.63, 3.8) is 0 Å². The third kappa shape index (κ3) is 2.28. The van der Waals surface area contributed by atoms with E-state index < -0.39 is 0 Å². The van der Waals surface area contributed by atoms with Gasteiger partial charge in [-0.25, -0.2) is 4.39 Å². The van der Waals surface area contributed by atoms with Gasteiger partial charge >= 0.3 is 0 Å². The Balaban J connectivity index is 1.92. The first-order chi connectivity index (χ1) is 9.13. The van der Waals surface area contributed by atoms with Crippen molar-refractivity contribution in [1.29, 1.82) is 0 Å². The van der Waals surface area contributed by atoms with Gasteiger partial charge in [-0.2, -0.15) is 4.98 Å². The highest BCUT2D eigenvalue weighted by molar-refractivity contribution is 7.71. The first kappa shape index (κ1) is 12.0. The largest absolute Gasteiger partial charge is 0.340 e. The molecule has 19 heavy (non-hydrogen) atoms. The second-order valence-corrected chi connectivity index (χ2v) is 4.61. The fourth-order valence-corrected chi connectivity index (χ4v) is 2.31.